The summed E-state index contributed by atoms with van der Waals surface area (Å²) < 4.78 is 19.4. The molecule has 1 aromatic heterocycles. The van der Waals surface area contributed by atoms with Crippen molar-refractivity contribution in [1.29, 1.82) is 0 Å². The molecule has 122 valence electrons. The fourth-order valence-corrected chi connectivity index (χ4v) is 2.64. The van der Waals surface area contributed by atoms with Gasteiger partial charge in [-0.15, -0.1) is 0 Å². The standard InChI is InChI=1S/C18H14BrFN2O2/c1-10-7-12(4-5-14(10)19)21-16-9-17(18(23)24-2)22-15-6-3-11(20)8-13(15)16/h3-9H,1-2H3,(H,21,22). The lowest BCUT2D eigenvalue weighted by Gasteiger charge is -2.12. The Morgan fingerprint density at radius 2 is 2.00 bits per heavy atom. The highest BCUT2D eigenvalue weighted by atomic mass is 79.9. The predicted molar refractivity (Wildman–Crippen MR) is 95.2 cm³/mol. The number of aryl methyl sites for hydroxylation is 1. The van der Waals surface area contributed by atoms with Crippen LogP contribution >= 0.6 is 15.9 Å². The number of anilines is 2. The number of methoxy groups -OCH3 is 1. The number of pyridine rings is 1. The van der Waals surface area contributed by atoms with E-state index in [2.05, 4.69) is 26.2 Å². The van der Waals surface area contributed by atoms with Gasteiger partial charge in [-0.25, -0.2) is 14.2 Å². The van der Waals surface area contributed by atoms with E-state index < -0.39 is 5.97 Å². The van der Waals surface area contributed by atoms with E-state index >= 15 is 0 Å². The van der Waals surface area contributed by atoms with E-state index in [4.69, 9.17) is 4.74 Å². The summed E-state index contributed by atoms with van der Waals surface area (Å²) in [5, 5.41) is 3.81. The van der Waals surface area contributed by atoms with Gasteiger partial charge in [-0.1, -0.05) is 15.9 Å². The number of nitrogens with one attached hydrogen (secondary N) is 1. The van der Waals surface area contributed by atoms with Gasteiger partial charge < -0.3 is 10.1 Å². The summed E-state index contributed by atoms with van der Waals surface area (Å²) in [5.41, 5.74) is 3.13. The maximum atomic E-state index is 13.6. The molecule has 6 heteroatoms. The molecule has 0 unspecified atom stereocenters. The van der Waals surface area contributed by atoms with Crippen LogP contribution in [0.2, 0.25) is 0 Å². The Bertz CT molecular complexity index is 944. The Kier molecular flexibility index (Phi) is 4.49. The van der Waals surface area contributed by atoms with Gasteiger partial charge >= 0.3 is 5.97 Å². The van der Waals surface area contributed by atoms with Gasteiger partial charge in [0, 0.05) is 15.5 Å². The van der Waals surface area contributed by atoms with Gasteiger partial charge in [0.15, 0.2) is 5.69 Å². The van der Waals surface area contributed by atoms with Crippen molar-refractivity contribution in [3.63, 3.8) is 0 Å². The van der Waals surface area contributed by atoms with E-state index in [1.54, 1.807) is 6.07 Å². The Balaban J connectivity index is 2.14. The van der Waals surface area contributed by atoms with Gasteiger partial charge in [-0.3, -0.25) is 0 Å². The molecule has 0 spiro atoms. The average Bonchev–Trinajstić information content (AvgIpc) is 2.57. The Morgan fingerprint density at radius 3 is 2.71 bits per heavy atom. The summed E-state index contributed by atoms with van der Waals surface area (Å²) >= 11 is 3.46. The number of nitrogens with zero attached hydrogens (tertiary/aromatic N) is 1. The van der Waals surface area contributed by atoms with E-state index in [1.807, 2.05) is 25.1 Å². The number of carbonyl (C=O) groups excluding carboxylic acids is 1. The van der Waals surface area contributed by atoms with Crippen LogP contribution in [-0.4, -0.2) is 18.1 Å². The molecular formula is C18H14BrFN2O2. The molecule has 0 aliphatic rings. The molecular weight excluding hydrogens is 375 g/mol. The first-order valence-corrected chi connectivity index (χ1v) is 7.99. The third-order valence-electron chi connectivity index (χ3n) is 3.60. The molecule has 0 bridgehead atoms. The van der Waals surface area contributed by atoms with Crippen molar-refractivity contribution < 1.29 is 13.9 Å². The van der Waals surface area contributed by atoms with E-state index in [0.29, 0.717) is 16.6 Å². The van der Waals surface area contributed by atoms with Gasteiger partial charge in [0.25, 0.3) is 0 Å². The third kappa shape index (κ3) is 3.23. The lowest BCUT2D eigenvalue weighted by molar-refractivity contribution is 0.0594. The molecule has 3 rings (SSSR count). The zero-order valence-electron chi connectivity index (χ0n) is 13.1. The molecule has 0 atom stereocenters. The maximum absolute atomic E-state index is 13.6. The number of esters is 1. The van der Waals surface area contributed by atoms with Gasteiger partial charge in [-0.05, 0) is 55.0 Å². The normalized spacial score (nSPS) is 10.7. The van der Waals surface area contributed by atoms with Crippen molar-refractivity contribution in [3.05, 3.63) is 64.0 Å². The molecule has 1 N–H and O–H groups in total. The molecule has 0 aliphatic heterocycles. The van der Waals surface area contributed by atoms with E-state index in [0.717, 1.165) is 15.7 Å². The number of rotatable bonds is 3. The molecule has 0 saturated carbocycles. The molecule has 2 aromatic carbocycles. The topological polar surface area (TPSA) is 51.2 Å². The summed E-state index contributed by atoms with van der Waals surface area (Å²) in [5.74, 6) is -0.915. The van der Waals surface area contributed by atoms with E-state index in [-0.39, 0.29) is 11.5 Å². The smallest absolute Gasteiger partial charge is 0.356 e. The number of benzene rings is 2. The number of aromatic nitrogens is 1. The van der Waals surface area contributed by atoms with Crippen molar-refractivity contribution in [3.8, 4) is 0 Å². The zero-order valence-corrected chi connectivity index (χ0v) is 14.6. The average molecular weight is 389 g/mol. The molecule has 1 heterocycles. The van der Waals surface area contributed by atoms with Crippen LogP contribution in [0.4, 0.5) is 15.8 Å². The molecule has 0 radical (unpaired) electrons. The second kappa shape index (κ2) is 6.57. The van der Waals surface area contributed by atoms with Crippen LogP contribution in [0.1, 0.15) is 16.1 Å². The summed E-state index contributed by atoms with van der Waals surface area (Å²) in [6.07, 6.45) is 0. The molecule has 0 fully saturated rings. The fraction of sp³-hybridized carbons (Fsp3) is 0.111. The minimum Gasteiger partial charge on any atom is -0.464 e. The summed E-state index contributed by atoms with van der Waals surface area (Å²) in [4.78, 5) is 16.1. The SMILES string of the molecule is COC(=O)c1cc(Nc2ccc(Br)c(C)c2)c2cc(F)ccc2n1. The number of ether oxygens (including phenoxy) is 1. The first-order chi connectivity index (χ1) is 11.5. The second-order valence-corrected chi connectivity index (χ2v) is 6.15. The first kappa shape index (κ1) is 16.4. The van der Waals surface area contributed by atoms with Crippen molar-refractivity contribution in [2.45, 2.75) is 6.92 Å². The number of halogens is 2. The highest BCUT2D eigenvalue weighted by Gasteiger charge is 2.13. The quantitative estimate of drug-likeness (QED) is 0.643. The van der Waals surface area contributed by atoms with Crippen LogP contribution in [0.5, 0.6) is 0 Å². The molecule has 0 saturated heterocycles. The van der Waals surface area contributed by atoms with Crippen LogP contribution in [0.15, 0.2) is 46.9 Å². The van der Waals surface area contributed by atoms with Crippen molar-refractivity contribution in [2.75, 3.05) is 12.4 Å². The Morgan fingerprint density at radius 1 is 1.21 bits per heavy atom. The van der Waals surface area contributed by atoms with Crippen LogP contribution in [-0.2, 0) is 4.74 Å². The van der Waals surface area contributed by atoms with Crippen LogP contribution in [0, 0.1) is 12.7 Å². The van der Waals surface area contributed by atoms with Crippen molar-refractivity contribution >= 4 is 44.2 Å². The molecule has 0 amide bonds. The first-order valence-electron chi connectivity index (χ1n) is 7.20. The minimum atomic E-state index is -0.545. The summed E-state index contributed by atoms with van der Waals surface area (Å²) in [6.45, 7) is 1.97. The van der Waals surface area contributed by atoms with Gasteiger partial charge in [0.2, 0.25) is 0 Å². The molecule has 0 aliphatic carbocycles. The Labute approximate surface area is 146 Å². The number of hydrogen-bond acceptors (Lipinski definition) is 4. The highest BCUT2D eigenvalue weighted by Crippen LogP contribution is 2.29. The van der Waals surface area contributed by atoms with Crippen LogP contribution in [0.3, 0.4) is 0 Å². The van der Waals surface area contributed by atoms with Crippen LogP contribution < -0.4 is 5.32 Å². The van der Waals surface area contributed by atoms with Gasteiger partial charge in [0.1, 0.15) is 5.82 Å². The second-order valence-electron chi connectivity index (χ2n) is 5.30. The third-order valence-corrected chi connectivity index (χ3v) is 4.49. The number of hydrogen-bond donors (Lipinski definition) is 1. The number of fused-ring (bicyclic) bond motifs is 1. The molecule has 4 nitrogen and oxygen atoms in total. The Hall–Kier alpha value is -2.47. The van der Waals surface area contributed by atoms with Gasteiger partial charge in [-0.2, -0.15) is 0 Å². The monoisotopic (exact) mass is 388 g/mol. The van der Waals surface area contributed by atoms with Crippen molar-refractivity contribution in [2.24, 2.45) is 0 Å². The number of carbonyl (C=O) groups is 1. The van der Waals surface area contributed by atoms with Crippen molar-refractivity contribution in [1.82, 2.24) is 4.98 Å². The predicted octanol–water partition coefficient (Wildman–Crippen LogP) is 4.98. The van der Waals surface area contributed by atoms with Crippen LogP contribution in [0.25, 0.3) is 10.9 Å². The lowest BCUT2D eigenvalue weighted by atomic mass is 10.1. The molecule has 24 heavy (non-hydrogen) atoms. The summed E-state index contributed by atoms with van der Waals surface area (Å²) in [6, 6.07) is 11.6. The van der Waals surface area contributed by atoms with E-state index in [9.17, 15) is 9.18 Å². The minimum absolute atomic E-state index is 0.160. The van der Waals surface area contributed by atoms with E-state index in [1.165, 1.54) is 25.3 Å². The fourth-order valence-electron chi connectivity index (χ4n) is 2.39. The highest BCUT2D eigenvalue weighted by molar-refractivity contribution is 9.10. The maximum Gasteiger partial charge on any atom is 0.356 e. The zero-order chi connectivity index (χ0) is 17.3. The lowest BCUT2D eigenvalue weighted by Crippen LogP contribution is -2.06. The van der Waals surface area contributed by atoms with Gasteiger partial charge in [0.05, 0.1) is 18.3 Å². The summed E-state index contributed by atoms with van der Waals surface area (Å²) in [7, 11) is 1.30. The largest absolute Gasteiger partial charge is 0.464 e. The molecule has 3 aromatic rings.